The minimum atomic E-state index is -0.180. The average molecular weight is 472 g/mol. The lowest BCUT2D eigenvalue weighted by Crippen LogP contribution is -2.41. The van der Waals surface area contributed by atoms with Crippen LogP contribution in [0.2, 0.25) is 5.02 Å². The predicted octanol–water partition coefficient (Wildman–Crippen LogP) is 3.81. The molecular formula is C25H30ClN3O4. The Morgan fingerprint density at radius 1 is 1.15 bits per heavy atom. The highest BCUT2D eigenvalue weighted by atomic mass is 35.5. The number of hydrogen-bond acceptors (Lipinski definition) is 5. The molecule has 0 aliphatic carbocycles. The van der Waals surface area contributed by atoms with Crippen molar-refractivity contribution in [2.45, 2.75) is 12.3 Å². The van der Waals surface area contributed by atoms with Crippen LogP contribution in [0.25, 0.3) is 10.9 Å². The fourth-order valence-electron chi connectivity index (χ4n) is 4.32. The SMILES string of the molecule is COc1ccc([C@@H](CC(=O)NCCN2CCOCC2)c2c[nH]c3ccc(Cl)cc23)cc1OC. The summed E-state index contributed by atoms with van der Waals surface area (Å²) in [5, 5.41) is 4.75. The van der Waals surface area contributed by atoms with Crippen LogP contribution in [0.3, 0.4) is 0 Å². The van der Waals surface area contributed by atoms with Crippen molar-refractivity contribution < 1.29 is 19.0 Å². The number of benzene rings is 2. The number of nitrogens with one attached hydrogen (secondary N) is 2. The number of methoxy groups -OCH3 is 2. The van der Waals surface area contributed by atoms with E-state index in [4.69, 9.17) is 25.8 Å². The normalized spacial score (nSPS) is 15.4. The number of nitrogens with zero attached hydrogens (tertiary/aromatic N) is 1. The molecule has 0 radical (unpaired) electrons. The van der Waals surface area contributed by atoms with Crippen molar-refractivity contribution in [1.29, 1.82) is 0 Å². The third-order valence-corrected chi connectivity index (χ3v) is 6.34. The zero-order chi connectivity index (χ0) is 23.2. The molecule has 2 N–H and O–H groups in total. The molecule has 1 aromatic heterocycles. The first kappa shape index (κ1) is 23.4. The van der Waals surface area contributed by atoms with Crippen LogP contribution < -0.4 is 14.8 Å². The summed E-state index contributed by atoms with van der Waals surface area (Å²) in [7, 11) is 3.22. The molecule has 1 amide bonds. The Hall–Kier alpha value is -2.74. The summed E-state index contributed by atoms with van der Waals surface area (Å²) in [4.78, 5) is 18.6. The Labute approximate surface area is 199 Å². The smallest absolute Gasteiger partial charge is 0.220 e. The van der Waals surface area contributed by atoms with E-state index < -0.39 is 0 Å². The molecule has 0 spiro atoms. The van der Waals surface area contributed by atoms with Gasteiger partial charge in [-0.05, 0) is 41.5 Å². The van der Waals surface area contributed by atoms with Crippen LogP contribution in [0.5, 0.6) is 11.5 Å². The second-order valence-corrected chi connectivity index (χ2v) is 8.55. The van der Waals surface area contributed by atoms with Crippen LogP contribution in [0.4, 0.5) is 0 Å². The van der Waals surface area contributed by atoms with E-state index in [0.29, 0.717) is 29.5 Å². The summed E-state index contributed by atoms with van der Waals surface area (Å²) in [6, 6.07) is 11.5. The van der Waals surface area contributed by atoms with Gasteiger partial charge in [-0.1, -0.05) is 17.7 Å². The molecule has 0 unspecified atom stereocenters. The molecule has 33 heavy (non-hydrogen) atoms. The minimum Gasteiger partial charge on any atom is -0.493 e. The largest absolute Gasteiger partial charge is 0.493 e. The maximum atomic E-state index is 13.0. The summed E-state index contributed by atoms with van der Waals surface area (Å²) in [6.07, 6.45) is 2.27. The molecular weight excluding hydrogens is 442 g/mol. The number of rotatable bonds is 9. The Morgan fingerprint density at radius 3 is 2.70 bits per heavy atom. The Balaban J connectivity index is 1.57. The molecule has 1 aliphatic rings. The zero-order valence-corrected chi connectivity index (χ0v) is 19.8. The highest BCUT2D eigenvalue weighted by Gasteiger charge is 2.23. The van der Waals surface area contributed by atoms with Crippen molar-refractivity contribution in [3.8, 4) is 11.5 Å². The fourth-order valence-corrected chi connectivity index (χ4v) is 4.49. The lowest BCUT2D eigenvalue weighted by molar-refractivity contribution is -0.121. The third kappa shape index (κ3) is 5.61. The standard InChI is InChI=1S/C25H30ClN3O4/c1-31-23-6-3-17(13-24(23)32-2)19(21-16-28-22-5-4-18(26)14-20(21)22)15-25(30)27-7-8-29-9-11-33-12-10-29/h3-6,13-14,16,19,28H,7-12,15H2,1-2H3,(H,27,30)/t19-/m1/s1. The molecule has 2 aromatic carbocycles. The fraction of sp³-hybridized carbons (Fsp3) is 0.400. The van der Waals surface area contributed by atoms with Crippen LogP contribution in [0.15, 0.2) is 42.6 Å². The van der Waals surface area contributed by atoms with Gasteiger partial charge in [0.1, 0.15) is 0 Å². The first-order valence-electron chi connectivity index (χ1n) is 11.1. The van der Waals surface area contributed by atoms with Gasteiger partial charge in [0.25, 0.3) is 0 Å². The van der Waals surface area contributed by atoms with Crippen LogP contribution in [0.1, 0.15) is 23.5 Å². The molecule has 8 heteroatoms. The number of amides is 1. The van der Waals surface area contributed by atoms with Crippen molar-refractivity contribution in [3.63, 3.8) is 0 Å². The van der Waals surface area contributed by atoms with E-state index in [2.05, 4.69) is 15.2 Å². The molecule has 2 heterocycles. The van der Waals surface area contributed by atoms with Crippen molar-refractivity contribution in [3.05, 3.63) is 58.7 Å². The lowest BCUT2D eigenvalue weighted by atomic mass is 9.87. The summed E-state index contributed by atoms with van der Waals surface area (Å²) in [6.45, 7) is 4.73. The number of hydrogen-bond donors (Lipinski definition) is 2. The van der Waals surface area contributed by atoms with Gasteiger partial charge in [-0.2, -0.15) is 0 Å². The average Bonchev–Trinajstić information content (AvgIpc) is 3.25. The highest BCUT2D eigenvalue weighted by molar-refractivity contribution is 6.31. The number of carbonyl (C=O) groups excluding carboxylic acids is 1. The molecule has 0 saturated carbocycles. The van der Waals surface area contributed by atoms with Gasteiger partial charge in [0.2, 0.25) is 5.91 Å². The molecule has 7 nitrogen and oxygen atoms in total. The number of aromatic nitrogens is 1. The summed E-state index contributed by atoms with van der Waals surface area (Å²) < 4.78 is 16.3. The third-order valence-electron chi connectivity index (χ3n) is 6.10. The Bertz CT molecular complexity index is 1090. The molecule has 1 atom stereocenters. The van der Waals surface area contributed by atoms with Crippen molar-refractivity contribution in [2.24, 2.45) is 0 Å². The molecule has 3 aromatic rings. The topological polar surface area (TPSA) is 75.8 Å². The molecule has 1 aliphatic heterocycles. The Morgan fingerprint density at radius 2 is 1.94 bits per heavy atom. The molecule has 1 fully saturated rings. The summed E-state index contributed by atoms with van der Waals surface area (Å²) in [5.74, 6) is 1.10. The maximum Gasteiger partial charge on any atom is 0.220 e. The minimum absolute atomic E-state index is 0.000535. The van der Waals surface area contributed by atoms with Crippen LogP contribution in [-0.2, 0) is 9.53 Å². The number of carbonyl (C=O) groups is 1. The molecule has 176 valence electrons. The lowest BCUT2D eigenvalue weighted by Gasteiger charge is -2.26. The monoisotopic (exact) mass is 471 g/mol. The molecule has 0 bridgehead atoms. The van der Waals surface area contributed by atoms with Crippen molar-refractivity contribution in [1.82, 2.24) is 15.2 Å². The first-order valence-corrected chi connectivity index (χ1v) is 11.5. The van der Waals surface area contributed by atoms with E-state index >= 15 is 0 Å². The van der Waals surface area contributed by atoms with Crippen molar-refractivity contribution in [2.75, 3.05) is 53.6 Å². The second-order valence-electron chi connectivity index (χ2n) is 8.11. The maximum absolute atomic E-state index is 13.0. The van der Waals surface area contributed by atoms with E-state index in [1.54, 1.807) is 14.2 Å². The predicted molar refractivity (Wildman–Crippen MR) is 130 cm³/mol. The number of H-pyrrole nitrogens is 1. The number of fused-ring (bicyclic) bond motifs is 1. The van der Waals surface area contributed by atoms with E-state index in [9.17, 15) is 4.79 Å². The van der Waals surface area contributed by atoms with Gasteiger partial charge in [0.15, 0.2) is 11.5 Å². The zero-order valence-electron chi connectivity index (χ0n) is 19.0. The summed E-state index contributed by atoms with van der Waals surface area (Å²) in [5.41, 5.74) is 2.97. The number of ether oxygens (including phenoxy) is 3. The van der Waals surface area contributed by atoms with Gasteiger partial charge in [-0.3, -0.25) is 9.69 Å². The van der Waals surface area contributed by atoms with Crippen LogP contribution in [-0.4, -0.2) is 69.4 Å². The van der Waals surface area contributed by atoms with Crippen molar-refractivity contribution >= 4 is 28.4 Å². The van der Waals surface area contributed by atoms with Crippen LogP contribution in [0, 0.1) is 0 Å². The van der Waals surface area contributed by atoms with Gasteiger partial charge in [-0.15, -0.1) is 0 Å². The molecule has 1 saturated heterocycles. The van der Waals surface area contributed by atoms with Gasteiger partial charge >= 0.3 is 0 Å². The number of morpholine rings is 1. The highest BCUT2D eigenvalue weighted by Crippen LogP contribution is 2.38. The summed E-state index contributed by atoms with van der Waals surface area (Å²) >= 11 is 6.29. The second kappa shape index (κ2) is 10.9. The van der Waals surface area contributed by atoms with Crippen LogP contribution >= 0.6 is 11.6 Å². The van der Waals surface area contributed by atoms with Gasteiger partial charge in [0.05, 0.1) is 27.4 Å². The quantitative estimate of drug-likeness (QED) is 0.496. The van der Waals surface area contributed by atoms with E-state index in [-0.39, 0.29) is 11.8 Å². The molecule has 4 rings (SSSR count). The van der Waals surface area contributed by atoms with Gasteiger partial charge < -0.3 is 24.5 Å². The first-order chi connectivity index (χ1) is 16.1. The van der Waals surface area contributed by atoms with E-state index in [0.717, 1.165) is 54.9 Å². The van der Waals surface area contributed by atoms with E-state index in [1.165, 1.54) is 0 Å². The van der Waals surface area contributed by atoms with Gasteiger partial charge in [-0.25, -0.2) is 0 Å². The Kier molecular flexibility index (Phi) is 7.75. The van der Waals surface area contributed by atoms with E-state index in [1.807, 2.05) is 42.6 Å². The van der Waals surface area contributed by atoms with Gasteiger partial charge in [0, 0.05) is 60.6 Å². The number of aromatic amines is 1. The number of halogens is 1.